The van der Waals surface area contributed by atoms with E-state index < -0.39 is 24.4 Å². The number of hydrogen-bond donors (Lipinski definition) is 1. The van der Waals surface area contributed by atoms with E-state index in [9.17, 15) is 19.8 Å². The van der Waals surface area contributed by atoms with E-state index in [2.05, 4.69) is 0 Å². The van der Waals surface area contributed by atoms with Gasteiger partial charge in [-0.1, -0.05) is 0 Å². The maximum Gasteiger partial charge on any atom is 2.00 e. The molecule has 1 unspecified atom stereocenters. The molecule has 0 aromatic rings. The third-order valence-electron chi connectivity index (χ3n) is 0.689. The van der Waals surface area contributed by atoms with Crippen molar-refractivity contribution in [2.45, 2.75) is 12.5 Å². The molecule has 0 bridgehead atoms. The molecule has 10 heavy (non-hydrogen) atoms. The first kappa shape index (κ1) is 13.1. The van der Waals surface area contributed by atoms with Crippen molar-refractivity contribution >= 4 is 60.8 Å². The van der Waals surface area contributed by atoms with Gasteiger partial charge in [-0.25, -0.2) is 0 Å². The van der Waals surface area contributed by atoms with Gasteiger partial charge in [-0.05, 0) is 0 Å². The van der Waals surface area contributed by atoms with Gasteiger partial charge in [-0.15, -0.1) is 0 Å². The van der Waals surface area contributed by atoms with Crippen LogP contribution in [0.25, 0.3) is 0 Å². The second-order valence-electron chi connectivity index (χ2n) is 1.50. The number of carboxylic acids is 2. The van der Waals surface area contributed by atoms with Crippen LogP contribution in [0.2, 0.25) is 0 Å². The standard InChI is InChI=1S/C4H7NO4.Ba/c5-2(4(8)9)1-3(6)7;/h2H,1,5H2,(H,6,7)(H,8,9);/q;+2/p-2. The molecule has 0 aliphatic heterocycles. The third-order valence-corrected chi connectivity index (χ3v) is 0.689. The van der Waals surface area contributed by atoms with E-state index in [0.29, 0.717) is 0 Å². The summed E-state index contributed by atoms with van der Waals surface area (Å²) in [6.45, 7) is 0. The van der Waals surface area contributed by atoms with Crippen molar-refractivity contribution in [1.82, 2.24) is 0 Å². The van der Waals surface area contributed by atoms with Crippen LogP contribution in [0, 0.1) is 0 Å². The monoisotopic (exact) mass is 269 g/mol. The van der Waals surface area contributed by atoms with E-state index >= 15 is 0 Å². The second-order valence-corrected chi connectivity index (χ2v) is 1.50. The van der Waals surface area contributed by atoms with Crippen molar-refractivity contribution in [3.8, 4) is 0 Å². The Bertz CT molecular complexity index is 137. The zero-order valence-corrected chi connectivity index (χ0v) is 9.64. The molecule has 0 fully saturated rings. The Morgan fingerprint density at radius 2 is 1.80 bits per heavy atom. The van der Waals surface area contributed by atoms with E-state index in [0.717, 1.165) is 0 Å². The van der Waals surface area contributed by atoms with Crippen LogP contribution in [-0.4, -0.2) is 66.9 Å². The molecular weight excluding hydrogens is 263 g/mol. The first-order chi connectivity index (χ1) is 4.04. The Hall–Kier alpha value is 0.471. The van der Waals surface area contributed by atoms with Crippen LogP contribution in [0.4, 0.5) is 0 Å². The summed E-state index contributed by atoms with van der Waals surface area (Å²) >= 11 is 0. The molecule has 52 valence electrons. The predicted octanol–water partition coefficient (Wildman–Crippen LogP) is -4.18. The fourth-order valence-corrected chi connectivity index (χ4v) is 0.263. The fraction of sp³-hybridized carbons (Fsp3) is 0.500. The van der Waals surface area contributed by atoms with Crippen LogP contribution in [0.1, 0.15) is 6.42 Å². The normalized spacial score (nSPS) is 11.3. The molecule has 2 N–H and O–H groups in total. The van der Waals surface area contributed by atoms with E-state index in [1.54, 1.807) is 0 Å². The third kappa shape index (κ3) is 6.59. The molecule has 0 spiro atoms. The first-order valence-corrected chi connectivity index (χ1v) is 2.20. The molecule has 1 atom stereocenters. The fourth-order valence-electron chi connectivity index (χ4n) is 0.263. The molecule has 0 aliphatic carbocycles. The van der Waals surface area contributed by atoms with E-state index in [4.69, 9.17) is 5.73 Å². The Kier molecular flexibility index (Phi) is 8.11. The van der Waals surface area contributed by atoms with Gasteiger partial charge >= 0.3 is 48.9 Å². The van der Waals surface area contributed by atoms with Crippen LogP contribution in [0.15, 0.2) is 0 Å². The SMILES string of the molecule is NC(CC(=O)[O-])C(=O)[O-].[Ba+2]. The maximum atomic E-state index is 9.71. The van der Waals surface area contributed by atoms with Gasteiger partial charge in [-0.2, -0.15) is 0 Å². The van der Waals surface area contributed by atoms with Crippen LogP contribution in [0.3, 0.4) is 0 Å². The van der Waals surface area contributed by atoms with Crippen LogP contribution in [-0.2, 0) is 9.59 Å². The van der Waals surface area contributed by atoms with Gasteiger partial charge in [0.1, 0.15) is 0 Å². The molecule has 0 saturated heterocycles. The molecule has 0 radical (unpaired) electrons. The maximum absolute atomic E-state index is 9.71. The van der Waals surface area contributed by atoms with Gasteiger partial charge in [0.2, 0.25) is 0 Å². The van der Waals surface area contributed by atoms with Gasteiger partial charge in [0.25, 0.3) is 0 Å². The molecule has 0 saturated carbocycles. The molecule has 0 aromatic heterocycles. The number of nitrogens with two attached hydrogens (primary N) is 1. The minimum Gasteiger partial charge on any atom is -0.550 e. The summed E-state index contributed by atoms with van der Waals surface area (Å²) in [4.78, 5) is 19.3. The molecule has 6 heteroatoms. The van der Waals surface area contributed by atoms with Crippen molar-refractivity contribution in [1.29, 1.82) is 0 Å². The predicted molar refractivity (Wildman–Crippen MR) is 28.4 cm³/mol. The summed E-state index contributed by atoms with van der Waals surface area (Å²) in [6, 6.07) is -1.46. The number of rotatable bonds is 3. The van der Waals surface area contributed by atoms with Gasteiger partial charge in [0.15, 0.2) is 0 Å². The van der Waals surface area contributed by atoms with E-state index in [1.807, 2.05) is 0 Å². The quantitative estimate of drug-likeness (QED) is 0.523. The smallest absolute Gasteiger partial charge is 0.550 e. The van der Waals surface area contributed by atoms with Crippen molar-refractivity contribution < 1.29 is 19.8 Å². The minimum atomic E-state index is -1.58. The van der Waals surface area contributed by atoms with Crippen molar-refractivity contribution in [3.63, 3.8) is 0 Å². The summed E-state index contributed by atoms with van der Waals surface area (Å²) in [6.07, 6.45) is -0.706. The molecule has 0 amide bonds. The first-order valence-electron chi connectivity index (χ1n) is 2.20. The molecule has 0 aliphatic rings. The number of aliphatic carboxylic acids is 2. The number of carbonyl (C=O) groups excluding carboxylic acids is 2. The Labute approximate surface area is 97.7 Å². The number of carbonyl (C=O) groups is 2. The summed E-state index contributed by atoms with van der Waals surface area (Å²) < 4.78 is 0. The number of carboxylic acid groups (broad SMARTS) is 2. The molecule has 5 nitrogen and oxygen atoms in total. The Balaban J connectivity index is 0. The Morgan fingerprint density at radius 1 is 1.40 bits per heavy atom. The van der Waals surface area contributed by atoms with Gasteiger partial charge in [-0.3, -0.25) is 0 Å². The number of hydrogen-bond acceptors (Lipinski definition) is 5. The van der Waals surface area contributed by atoms with Crippen LogP contribution < -0.4 is 15.9 Å². The largest absolute Gasteiger partial charge is 2.00 e. The summed E-state index contributed by atoms with van der Waals surface area (Å²) in [5.74, 6) is -3.08. The summed E-state index contributed by atoms with van der Waals surface area (Å²) in [5.41, 5.74) is 4.73. The summed E-state index contributed by atoms with van der Waals surface area (Å²) in [5, 5.41) is 19.3. The van der Waals surface area contributed by atoms with Gasteiger partial charge < -0.3 is 25.5 Å². The average Bonchev–Trinajstić information content (AvgIpc) is 1.63. The topological polar surface area (TPSA) is 106 Å². The average molecular weight is 268 g/mol. The van der Waals surface area contributed by atoms with E-state index in [1.165, 1.54) is 0 Å². The van der Waals surface area contributed by atoms with Gasteiger partial charge in [0, 0.05) is 18.4 Å². The second kappa shape index (κ2) is 6.20. The molecule has 0 rings (SSSR count). The molecule has 0 aromatic carbocycles. The summed E-state index contributed by atoms with van der Waals surface area (Å²) in [7, 11) is 0. The van der Waals surface area contributed by atoms with Crippen LogP contribution >= 0.6 is 0 Å². The zero-order valence-electron chi connectivity index (χ0n) is 5.20. The van der Waals surface area contributed by atoms with Gasteiger partial charge in [0.05, 0.1) is 5.97 Å². The van der Waals surface area contributed by atoms with Crippen molar-refractivity contribution in [3.05, 3.63) is 0 Å². The Morgan fingerprint density at radius 3 is 1.90 bits per heavy atom. The minimum absolute atomic E-state index is 0. The zero-order chi connectivity index (χ0) is 7.44. The molecular formula is C4H5BaNO4. The molecule has 0 heterocycles. The van der Waals surface area contributed by atoms with Crippen molar-refractivity contribution in [2.75, 3.05) is 0 Å². The van der Waals surface area contributed by atoms with Crippen LogP contribution in [0.5, 0.6) is 0 Å². The van der Waals surface area contributed by atoms with Crippen molar-refractivity contribution in [2.24, 2.45) is 5.73 Å². The van der Waals surface area contributed by atoms with E-state index in [-0.39, 0.29) is 48.9 Å².